The highest BCUT2D eigenvalue weighted by Gasteiger charge is 2.34. The third kappa shape index (κ3) is 7.87. The Morgan fingerprint density at radius 1 is 1.05 bits per heavy atom. The molecule has 3 amide bonds. The monoisotopic (exact) mass is 537 g/mol. The Kier molecular flexibility index (Phi) is 9.67. The first kappa shape index (κ1) is 28.3. The van der Waals surface area contributed by atoms with Gasteiger partial charge in [0.2, 0.25) is 17.6 Å². The summed E-state index contributed by atoms with van der Waals surface area (Å²) in [7, 11) is 0. The van der Waals surface area contributed by atoms with Gasteiger partial charge in [-0.2, -0.15) is 0 Å². The van der Waals surface area contributed by atoms with Crippen molar-refractivity contribution in [3.63, 3.8) is 0 Å². The number of carbonyl (C=O) groups excluding carboxylic acids is 4. The minimum Gasteiger partial charge on any atom is -0.457 e. The van der Waals surface area contributed by atoms with E-state index in [9.17, 15) is 24.3 Å². The van der Waals surface area contributed by atoms with Crippen molar-refractivity contribution in [3.05, 3.63) is 59.7 Å². The van der Waals surface area contributed by atoms with Crippen LogP contribution in [0.4, 0.5) is 0 Å². The number of fused-ring (bicyclic) bond motifs is 9. The average Bonchev–Trinajstić information content (AvgIpc) is 2.93. The van der Waals surface area contributed by atoms with Gasteiger partial charge in [-0.3, -0.25) is 19.2 Å². The van der Waals surface area contributed by atoms with Gasteiger partial charge in [0.05, 0.1) is 25.3 Å². The van der Waals surface area contributed by atoms with Crippen LogP contribution >= 0.6 is 0 Å². The molecular formula is C29H35N3O7. The molecule has 2 N–H and O–H groups in total. The molecule has 208 valence electrons. The molecule has 3 aliphatic rings. The lowest BCUT2D eigenvalue weighted by Crippen LogP contribution is -2.59. The molecule has 3 heterocycles. The summed E-state index contributed by atoms with van der Waals surface area (Å²) in [5.41, 5.74) is 1.85. The maximum atomic E-state index is 13.1. The number of ether oxygens (including phenoxy) is 2. The minimum atomic E-state index is -0.602. The van der Waals surface area contributed by atoms with Gasteiger partial charge in [0.1, 0.15) is 11.5 Å². The number of aryl methyl sites for hydroxylation is 1. The number of Topliss-reactive ketones (excluding diaryl/α,β-unsaturated/α-hetero) is 1. The molecule has 39 heavy (non-hydrogen) atoms. The summed E-state index contributed by atoms with van der Waals surface area (Å²) >= 11 is 0. The molecule has 1 saturated heterocycles. The van der Waals surface area contributed by atoms with Crippen LogP contribution in [0.5, 0.6) is 11.5 Å². The highest BCUT2D eigenvalue weighted by molar-refractivity contribution is 6.35. The van der Waals surface area contributed by atoms with Crippen molar-refractivity contribution in [2.75, 3.05) is 32.8 Å². The molecule has 10 nitrogen and oxygen atoms in total. The van der Waals surface area contributed by atoms with Gasteiger partial charge in [-0.1, -0.05) is 24.3 Å². The molecule has 5 rings (SSSR count). The van der Waals surface area contributed by atoms with Gasteiger partial charge < -0.3 is 29.7 Å². The molecule has 10 heteroatoms. The lowest BCUT2D eigenvalue weighted by Gasteiger charge is -2.38. The molecule has 3 aliphatic heterocycles. The Bertz CT molecular complexity index is 1180. The third-order valence-electron chi connectivity index (χ3n) is 6.91. The fourth-order valence-corrected chi connectivity index (χ4v) is 4.83. The van der Waals surface area contributed by atoms with E-state index in [4.69, 9.17) is 9.47 Å². The number of aliphatic hydroxyl groups excluding tert-OH is 1. The number of hydrogen-bond acceptors (Lipinski definition) is 7. The third-order valence-corrected chi connectivity index (χ3v) is 6.91. The number of likely N-dealkylation sites (tertiary alicyclic amines) is 1. The minimum absolute atomic E-state index is 0.103. The van der Waals surface area contributed by atoms with E-state index < -0.39 is 29.7 Å². The second-order valence-corrected chi connectivity index (χ2v) is 9.91. The fourth-order valence-electron chi connectivity index (χ4n) is 4.83. The maximum absolute atomic E-state index is 13.1. The van der Waals surface area contributed by atoms with Gasteiger partial charge in [0.15, 0.2) is 0 Å². The first-order chi connectivity index (χ1) is 18.8. The highest BCUT2D eigenvalue weighted by Crippen LogP contribution is 2.24. The first-order valence-corrected chi connectivity index (χ1v) is 13.3. The van der Waals surface area contributed by atoms with Gasteiger partial charge in [-0.25, -0.2) is 0 Å². The number of nitrogens with zero attached hydrogens (tertiary/aromatic N) is 2. The summed E-state index contributed by atoms with van der Waals surface area (Å²) < 4.78 is 12.2. The standard InChI is InChI=1S/C29H35N3O7/c1-20(34)29(37)32-14-12-26-25(17-32)30-27(35)18-31(13-3-15-33)28(36)11-8-21-6-9-23(10-7-21)39-24-5-2-4-22(16-24)19-38-26/h2,4-7,9-10,16,25-26,33H,3,8,11-15,17-19H2,1H3,(H,30,35)/t25-,26-/m0/s1. The Morgan fingerprint density at radius 2 is 1.85 bits per heavy atom. The Labute approximate surface area is 227 Å². The maximum Gasteiger partial charge on any atom is 0.289 e. The number of piperidine rings is 1. The molecular weight excluding hydrogens is 502 g/mol. The van der Waals surface area contributed by atoms with Crippen LogP contribution in [0.1, 0.15) is 37.3 Å². The van der Waals surface area contributed by atoms with Crippen LogP contribution in [0.25, 0.3) is 0 Å². The van der Waals surface area contributed by atoms with E-state index in [1.54, 1.807) is 0 Å². The average molecular weight is 538 g/mol. The number of aliphatic hydroxyl groups is 1. The summed E-state index contributed by atoms with van der Waals surface area (Å²) in [4.78, 5) is 53.1. The molecule has 0 unspecified atom stereocenters. The second kappa shape index (κ2) is 13.3. The van der Waals surface area contributed by atoms with Gasteiger partial charge in [0.25, 0.3) is 5.91 Å². The van der Waals surface area contributed by atoms with Crippen molar-refractivity contribution >= 4 is 23.5 Å². The van der Waals surface area contributed by atoms with E-state index in [0.29, 0.717) is 37.3 Å². The molecule has 0 aliphatic carbocycles. The summed E-state index contributed by atoms with van der Waals surface area (Å²) in [5, 5.41) is 12.3. The zero-order chi connectivity index (χ0) is 27.8. The van der Waals surface area contributed by atoms with Crippen molar-refractivity contribution in [3.8, 4) is 11.5 Å². The number of ketones is 1. The summed E-state index contributed by atoms with van der Waals surface area (Å²) in [6, 6.07) is 14.5. The predicted molar refractivity (Wildman–Crippen MR) is 142 cm³/mol. The number of benzene rings is 2. The van der Waals surface area contributed by atoms with Crippen LogP contribution in [0.3, 0.4) is 0 Å². The molecule has 2 aromatic rings. The number of hydrogen-bond donors (Lipinski definition) is 2. The van der Waals surface area contributed by atoms with Gasteiger partial charge >= 0.3 is 0 Å². The quantitative estimate of drug-likeness (QED) is 0.570. The van der Waals surface area contributed by atoms with E-state index in [1.807, 2.05) is 48.5 Å². The van der Waals surface area contributed by atoms with Crippen molar-refractivity contribution in [1.82, 2.24) is 15.1 Å². The van der Waals surface area contributed by atoms with Crippen molar-refractivity contribution in [2.45, 2.75) is 51.4 Å². The van der Waals surface area contributed by atoms with Crippen LogP contribution in [-0.4, -0.2) is 83.3 Å². The number of rotatable bonds is 4. The summed E-state index contributed by atoms with van der Waals surface area (Å²) in [6.45, 7) is 1.89. The SMILES string of the molecule is CC(=O)C(=O)N1CC[C@@H]2OCc3cccc(c3)Oc3ccc(cc3)CCC(=O)N(CCCO)CC(=O)N[C@H]2C1. The Balaban J connectivity index is 1.58. The lowest BCUT2D eigenvalue weighted by atomic mass is 10.0. The zero-order valence-electron chi connectivity index (χ0n) is 22.1. The molecule has 0 radical (unpaired) electrons. The van der Waals surface area contributed by atoms with Crippen molar-refractivity contribution in [1.29, 1.82) is 0 Å². The molecule has 2 aromatic carbocycles. The zero-order valence-corrected chi connectivity index (χ0v) is 22.1. The van der Waals surface area contributed by atoms with E-state index >= 15 is 0 Å². The second-order valence-electron chi connectivity index (χ2n) is 9.91. The van der Waals surface area contributed by atoms with Crippen LogP contribution in [-0.2, 0) is 36.9 Å². The predicted octanol–water partition coefficient (Wildman–Crippen LogP) is 1.83. The molecule has 1 fully saturated rings. The normalized spacial score (nSPS) is 20.7. The smallest absolute Gasteiger partial charge is 0.289 e. The van der Waals surface area contributed by atoms with E-state index in [0.717, 1.165) is 11.1 Å². The highest BCUT2D eigenvalue weighted by atomic mass is 16.5. The fraction of sp³-hybridized carbons (Fsp3) is 0.448. The number of carbonyl (C=O) groups is 4. The molecule has 2 atom stereocenters. The lowest BCUT2D eigenvalue weighted by molar-refractivity contribution is -0.147. The van der Waals surface area contributed by atoms with Gasteiger partial charge in [0, 0.05) is 39.6 Å². The largest absolute Gasteiger partial charge is 0.457 e. The molecule has 4 bridgehead atoms. The molecule has 0 saturated carbocycles. The summed E-state index contributed by atoms with van der Waals surface area (Å²) in [5.74, 6) is -0.434. The van der Waals surface area contributed by atoms with Crippen LogP contribution in [0.2, 0.25) is 0 Å². The summed E-state index contributed by atoms with van der Waals surface area (Å²) in [6.07, 6.45) is 1.06. The molecule has 0 spiro atoms. The van der Waals surface area contributed by atoms with E-state index in [1.165, 1.54) is 16.7 Å². The van der Waals surface area contributed by atoms with E-state index in [-0.39, 0.29) is 45.2 Å². The van der Waals surface area contributed by atoms with Crippen LogP contribution in [0.15, 0.2) is 48.5 Å². The van der Waals surface area contributed by atoms with Gasteiger partial charge in [-0.15, -0.1) is 0 Å². The van der Waals surface area contributed by atoms with Crippen LogP contribution < -0.4 is 10.1 Å². The number of nitrogens with one attached hydrogen (secondary N) is 1. The van der Waals surface area contributed by atoms with Crippen molar-refractivity contribution in [2.24, 2.45) is 0 Å². The van der Waals surface area contributed by atoms with Crippen LogP contribution in [0, 0.1) is 0 Å². The topological polar surface area (TPSA) is 125 Å². The Morgan fingerprint density at radius 3 is 2.59 bits per heavy atom. The Hall–Kier alpha value is -3.76. The van der Waals surface area contributed by atoms with Gasteiger partial charge in [-0.05, 0) is 54.7 Å². The van der Waals surface area contributed by atoms with Crippen molar-refractivity contribution < 1.29 is 33.8 Å². The van der Waals surface area contributed by atoms with E-state index in [2.05, 4.69) is 5.32 Å². The molecule has 0 aromatic heterocycles. The number of amides is 3. The first-order valence-electron chi connectivity index (χ1n) is 13.3.